The van der Waals surface area contributed by atoms with E-state index in [4.69, 9.17) is 24.7 Å². The number of rotatable bonds is 23. The Morgan fingerprint density at radius 3 is 1.44 bits per heavy atom. The summed E-state index contributed by atoms with van der Waals surface area (Å²) in [6.07, 6.45) is -0.158. The van der Waals surface area contributed by atoms with Gasteiger partial charge in [-0.3, -0.25) is 19.2 Å². The van der Waals surface area contributed by atoms with Crippen molar-refractivity contribution in [2.24, 2.45) is 5.73 Å². The van der Waals surface area contributed by atoms with Crippen molar-refractivity contribution in [1.29, 1.82) is 0 Å². The highest BCUT2D eigenvalue weighted by Crippen LogP contribution is 2.11. The second kappa shape index (κ2) is 23.7. The van der Waals surface area contributed by atoms with Gasteiger partial charge in [0.05, 0.1) is 25.3 Å². The highest BCUT2D eigenvalue weighted by molar-refractivity contribution is 5.86. The Balaban J connectivity index is 1.27. The fraction of sp³-hybridized carbons (Fsp3) is 0.326. The Morgan fingerprint density at radius 2 is 0.945 bits per heavy atom. The molecule has 0 saturated heterocycles. The number of amides is 2. The van der Waals surface area contributed by atoms with Crippen molar-refractivity contribution in [3.63, 3.8) is 0 Å². The van der Waals surface area contributed by atoms with Crippen molar-refractivity contribution >= 4 is 29.7 Å². The molecule has 0 aliphatic carbocycles. The second-order valence-corrected chi connectivity index (χ2v) is 12.9. The molecule has 0 spiro atoms. The van der Waals surface area contributed by atoms with Crippen LogP contribution in [0.5, 0.6) is 0 Å². The molecule has 0 bridgehead atoms. The first-order valence-corrected chi connectivity index (χ1v) is 18.3. The van der Waals surface area contributed by atoms with E-state index in [0.717, 1.165) is 22.3 Å². The van der Waals surface area contributed by atoms with Crippen LogP contribution in [0.4, 0.5) is 0 Å². The summed E-state index contributed by atoms with van der Waals surface area (Å²) in [5.41, 5.74) is 9.59. The predicted octanol–water partition coefficient (Wildman–Crippen LogP) is 5.07. The van der Waals surface area contributed by atoms with Crippen molar-refractivity contribution in [2.45, 2.75) is 83.1 Å². The molecule has 3 unspecified atom stereocenters. The zero-order valence-corrected chi connectivity index (χ0v) is 30.8. The van der Waals surface area contributed by atoms with Crippen molar-refractivity contribution in [1.82, 2.24) is 10.6 Å². The second-order valence-electron chi connectivity index (χ2n) is 12.9. The molecule has 0 fully saturated rings. The molecule has 0 aliphatic rings. The number of esters is 3. The van der Waals surface area contributed by atoms with Gasteiger partial charge >= 0.3 is 17.9 Å². The smallest absolute Gasteiger partial charge is 0.328 e. The molecule has 0 aliphatic heterocycles. The van der Waals surface area contributed by atoms with E-state index in [2.05, 4.69) is 10.6 Å². The quantitative estimate of drug-likeness (QED) is 0.0687. The summed E-state index contributed by atoms with van der Waals surface area (Å²) < 4.78 is 22.1. The van der Waals surface area contributed by atoms with Crippen molar-refractivity contribution in [3.8, 4) is 0 Å². The van der Waals surface area contributed by atoms with Gasteiger partial charge in [0, 0.05) is 19.3 Å². The van der Waals surface area contributed by atoms with Crippen molar-refractivity contribution in [3.05, 3.63) is 144 Å². The molecule has 4 aromatic carbocycles. The molecular formula is C43H49N3O9. The van der Waals surface area contributed by atoms with Crippen molar-refractivity contribution < 1.29 is 42.9 Å². The number of carbonyl (C=O) groups is 5. The minimum absolute atomic E-state index is 0.0173. The molecule has 0 saturated carbocycles. The number of nitrogens with one attached hydrogen (secondary N) is 2. The SMILES string of the molecule is NC(CCC(=O)NC(CCC(=O)OCc1ccccc1)C(=O)OCc1ccccc1)C(=O)NC(CCC(=O)OCc1ccccc1)COCc1ccccc1. The topological polar surface area (TPSA) is 172 Å². The molecular weight excluding hydrogens is 702 g/mol. The predicted molar refractivity (Wildman–Crippen MR) is 204 cm³/mol. The Kier molecular flexibility index (Phi) is 18.1. The normalized spacial score (nSPS) is 12.4. The van der Waals surface area contributed by atoms with Gasteiger partial charge in [-0.2, -0.15) is 0 Å². The standard InChI is InChI=1S/C43H49N3O9/c44-37(42(50)45-36(31-52-27-32-13-5-1-6-14-32)21-25-40(48)53-28-33-15-7-2-8-16-33)22-24-39(47)46-38(43(51)55-30-35-19-11-4-12-20-35)23-26-41(49)54-29-34-17-9-3-10-18-34/h1-20,36-38H,21-31,44H2,(H,45,50)(H,46,47). The average molecular weight is 752 g/mol. The van der Waals surface area contributed by atoms with E-state index in [1.165, 1.54) is 0 Å². The fourth-order valence-corrected chi connectivity index (χ4v) is 5.34. The summed E-state index contributed by atoms with van der Waals surface area (Å²) in [6.45, 7) is 0.611. The van der Waals surface area contributed by atoms with Gasteiger partial charge in [-0.05, 0) is 41.5 Å². The summed E-state index contributed by atoms with van der Waals surface area (Å²) in [5, 5.41) is 5.49. The van der Waals surface area contributed by atoms with Crippen LogP contribution in [0.2, 0.25) is 0 Å². The van der Waals surface area contributed by atoms with Crippen LogP contribution in [0.3, 0.4) is 0 Å². The van der Waals surface area contributed by atoms with Gasteiger partial charge in [-0.1, -0.05) is 121 Å². The maximum Gasteiger partial charge on any atom is 0.328 e. The molecule has 2 amide bonds. The summed E-state index contributed by atoms with van der Waals surface area (Å²) >= 11 is 0. The third kappa shape index (κ3) is 16.8. The fourth-order valence-electron chi connectivity index (χ4n) is 5.34. The molecule has 0 heterocycles. The van der Waals surface area contributed by atoms with E-state index < -0.39 is 47.8 Å². The molecule has 290 valence electrons. The number of hydrogen-bond donors (Lipinski definition) is 3. The van der Waals surface area contributed by atoms with Gasteiger partial charge in [0.15, 0.2) is 0 Å². The molecule has 3 atom stereocenters. The first-order chi connectivity index (χ1) is 26.7. The summed E-state index contributed by atoms with van der Waals surface area (Å²) in [5.74, 6) is -2.75. The highest BCUT2D eigenvalue weighted by Gasteiger charge is 2.26. The van der Waals surface area contributed by atoms with Gasteiger partial charge in [0.25, 0.3) is 0 Å². The van der Waals surface area contributed by atoms with Crippen LogP contribution >= 0.6 is 0 Å². The number of benzene rings is 4. The monoisotopic (exact) mass is 751 g/mol. The molecule has 55 heavy (non-hydrogen) atoms. The molecule has 12 nitrogen and oxygen atoms in total. The van der Waals surface area contributed by atoms with Gasteiger partial charge in [0.2, 0.25) is 11.8 Å². The van der Waals surface area contributed by atoms with E-state index >= 15 is 0 Å². The van der Waals surface area contributed by atoms with Gasteiger partial charge in [-0.25, -0.2) is 4.79 Å². The lowest BCUT2D eigenvalue weighted by Gasteiger charge is -2.21. The minimum Gasteiger partial charge on any atom is -0.461 e. The molecule has 0 radical (unpaired) electrons. The molecule has 4 rings (SSSR count). The molecule has 12 heteroatoms. The highest BCUT2D eigenvalue weighted by atomic mass is 16.5. The Hall–Kier alpha value is -5.85. The van der Waals surface area contributed by atoms with Gasteiger partial charge in [-0.15, -0.1) is 0 Å². The summed E-state index contributed by atoms with van der Waals surface area (Å²) in [4.78, 5) is 64.4. The van der Waals surface area contributed by atoms with Crippen LogP contribution in [0.25, 0.3) is 0 Å². The summed E-state index contributed by atoms with van der Waals surface area (Å²) in [6, 6.07) is 34.3. The zero-order valence-electron chi connectivity index (χ0n) is 30.8. The summed E-state index contributed by atoms with van der Waals surface area (Å²) in [7, 11) is 0. The van der Waals surface area contributed by atoms with E-state index in [1.807, 2.05) is 109 Å². The third-order valence-corrected chi connectivity index (χ3v) is 8.46. The van der Waals surface area contributed by atoms with E-state index in [0.29, 0.717) is 6.61 Å². The molecule has 0 aromatic heterocycles. The van der Waals surface area contributed by atoms with Crippen LogP contribution in [0, 0.1) is 0 Å². The first-order valence-electron chi connectivity index (χ1n) is 18.3. The lowest BCUT2D eigenvalue weighted by molar-refractivity contribution is -0.150. The maximum absolute atomic E-state index is 13.2. The average Bonchev–Trinajstić information content (AvgIpc) is 3.22. The van der Waals surface area contributed by atoms with Gasteiger partial charge < -0.3 is 35.3 Å². The van der Waals surface area contributed by atoms with Gasteiger partial charge in [0.1, 0.15) is 25.9 Å². The minimum atomic E-state index is -1.14. The van der Waals surface area contributed by atoms with Crippen LogP contribution in [-0.2, 0) is 69.3 Å². The third-order valence-electron chi connectivity index (χ3n) is 8.46. The molecule has 4 N–H and O–H groups in total. The zero-order chi connectivity index (χ0) is 39.1. The van der Waals surface area contributed by atoms with Crippen LogP contribution in [0.15, 0.2) is 121 Å². The van der Waals surface area contributed by atoms with Crippen LogP contribution in [-0.4, -0.2) is 54.5 Å². The maximum atomic E-state index is 13.2. The molecule has 4 aromatic rings. The number of nitrogens with two attached hydrogens (primary N) is 1. The van der Waals surface area contributed by atoms with Crippen LogP contribution in [0.1, 0.15) is 60.8 Å². The first kappa shape index (κ1) is 41.9. The number of ether oxygens (including phenoxy) is 4. The lowest BCUT2D eigenvalue weighted by atomic mass is 10.1. The van der Waals surface area contributed by atoms with E-state index in [1.54, 1.807) is 12.1 Å². The largest absolute Gasteiger partial charge is 0.461 e. The lowest BCUT2D eigenvalue weighted by Crippen LogP contribution is -2.48. The van der Waals surface area contributed by atoms with Crippen LogP contribution < -0.4 is 16.4 Å². The number of carbonyl (C=O) groups excluding carboxylic acids is 5. The Labute approximate surface area is 321 Å². The number of hydrogen-bond acceptors (Lipinski definition) is 10. The van der Waals surface area contributed by atoms with Crippen molar-refractivity contribution in [2.75, 3.05) is 6.61 Å². The Bertz CT molecular complexity index is 1760. The van der Waals surface area contributed by atoms with E-state index in [-0.39, 0.29) is 65.0 Å². The van der Waals surface area contributed by atoms with E-state index in [9.17, 15) is 24.0 Å². The Morgan fingerprint density at radius 1 is 0.509 bits per heavy atom.